The third-order valence-electron chi connectivity index (χ3n) is 5.62. The monoisotopic (exact) mass is 439 g/mol. The number of nitrogens with one attached hydrogen (secondary N) is 1. The summed E-state index contributed by atoms with van der Waals surface area (Å²) in [5.41, 5.74) is 0.849. The van der Waals surface area contributed by atoms with Crippen LogP contribution in [0.5, 0.6) is 11.5 Å². The molecule has 5 nitrogen and oxygen atoms in total. The van der Waals surface area contributed by atoms with Crippen LogP contribution in [0, 0.1) is 11.3 Å². The van der Waals surface area contributed by atoms with Crippen molar-refractivity contribution in [2.75, 3.05) is 6.54 Å². The van der Waals surface area contributed by atoms with Crippen molar-refractivity contribution in [2.45, 2.75) is 64.6 Å². The fourth-order valence-electron chi connectivity index (χ4n) is 4.71. The van der Waals surface area contributed by atoms with Crippen molar-refractivity contribution in [2.24, 2.45) is 0 Å². The average Bonchev–Trinajstić information content (AvgIpc) is 2.68. The molecular formula is C25H30ClN3O2. The number of hydrogen-bond donors (Lipinski definition) is 1. The zero-order chi connectivity index (χ0) is 22.8. The maximum atomic E-state index is 13.4. The van der Waals surface area contributed by atoms with Crippen LogP contribution in [0.25, 0.3) is 0 Å². The molecule has 0 saturated carbocycles. The molecule has 1 aliphatic rings. The van der Waals surface area contributed by atoms with Gasteiger partial charge in [-0.25, -0.2) is 0 Å². The van der Waals surface area contributed by atoms with Crippen molar-refractivity contribution in [3.8, 4) is 17.6 Å². The third-order valence-corrected chi connectivity index (χ3v) is 5.91. The topological polar surface area (TPSA) is 65.4 Å². The molecule has 1 amide bonds. The SMILES string of the molecule is CCN(C(=O)c1ccc(Oc2ccccc2C#N)c(Cl)c1)C1CC(C)(C)NC(C)(C)C1. The van der Waals surface area contributed by atoms with E-state index in [2.05, 4.69) is 39.1 Å². The van der Waals surface area contributed by atoms with Crippen LogP contribution in [0.2, 0.25) is 5.02 Å². The van der Waals surface area contributed by atoms with Crippen molar-refractivity contribution in [1.82, 2.24) is 10.2 Å². The third kappa shape index (κ3) is 5.39. The molecular weight excluding hydrogens is 410 g/mol. The molecule has 0 spiro atoms. The number of rotatable bonds is 5. The van der Waals surface area contributed by atoms with Crippen LogP contribution >= 0.6 is 11.6 Å². The number of nitriles is 1. The molecule has 1 saturated heterocycles. The van der Waals surface area contributed by atoms with Gasteiger partial charge in [0.15, 0.2) is 0 Å². The zero-order valence-electron chi connectivity index (χ0n) is 18.8. The summed E-state index contributed by atoms with van der Waals surface area (Å²) in [7, 11) is 0. The van der Waals surface area contributed by atoms with Crippen molar-refractivity contribution < 1.29 is 9.53 Å². The van der Waals surface area contributed by atoms with Gasteiger partial charge in [0.05, 0.1) is 10.6 Å². The quantitative estimate of drug-likeness (QED) is 0.641. The first-order valence-corrected chi connectivity index (χ1v) is 11.0. The molecule has 164 valence electrons. The van der Waals surface area contributed by atoms with E-state index in [0.717, 1.165) is 12.8 Å². The molecule has 3 rings (SSSR count). The summed E-state index contributed by atoms with van der Waals surface area (Å²) < 4.78 is 5.84. The Morgan fingerprint density at radius 1 is 1.16 bits per heavy atom. The molecule has 0 radical (unpaired) electrons. The maximum absolute atomic E-state index is 13.4. The average molecular weight is 440 g/mol. The lowest BCUT2D eigenvalue weighted by Crippen LogP contribution is -2.62. The molecule has 0 unspecified atom stereocenters. The molecule has 0 aromatic heterocycles. The standard InChI is InChI=1S/C25H30ClN3O2/c1-6-29(19-14-24(2,3)28-25(4,5)15-19)23(30)17-11-12-22(20(26)13-17)31-21-10-8-7-9-18(21)16-27/h7-13,19,28H,6,14-15H2,1-5H3. The van der Waals surface area contributed by atoms with Gasteiger partial charge in [0.2, 0.25) is 0 Å². The summed E-state index contributed by atoms with van der Waals surface area (Å²) in [5.74, 6) is 0.806. The van der Waals surface area contributed by atoms with Gasteiger partial charge in [0, 0.05) is 29.2 Å². The lowest BCUT2D eigenvalue weighted by atomic mass is 9.79. The van der Waals surface area contributed by atoms with Crippen LogP contribution in [0.1, 0.15) is 63.4 Å². The predicted octanol–water partition coefficient (Wildman–Crippen LogP) is 5.78. The van der Waals surface area contributed by atoms with E-state index in [1.165, 1.54) is 0 Å². The minimum Gasteiger partial charge on any atom is -0.454 e. The Kier molecular flexibility index (Phi) is 6.64. The second-order valence-electron chi connectivity index (χ2n) is 9.40. The van der Waals surface area contributed by atoms with Gasteiger partial charge in [-0.1, -0.05) is 23.7 Å². The first-order valence-electron chi connectivity index (χ1n) is 10.6. The van der Waals surface area contributed by atoms with E-state index in [1.807, 2.05) is 11.8 Å². The Bertz CT molecular complexity index is 994. The number of hydrogen-bond acceptors (Lipinski definition) is 4. The fraction of sp³-hybridized carbons (Fsp3) is 0.440. The Morgan fingerprint density at radius 2 is 1.81 bits per heavy atom. The van der Waals surface area contributed by atoms with E-state index in [4.69, 9.17) is 16.3 Å². The van der Waals surface area contributed by atoms with Crippen LogP contribution in [0.3, 0.4) is 0 Å². The van der Waals surface area contributed by atoms with E-state index in [-0.39, 0.29) is 23.0 Å². The van der Waals surface area contributed by atoms with Gasteiger partial charge < -0.3 is 15.0 Å². The van der Waals surface area contributed by atoms with Crippen LogP contribution in [-0.2, 0) is 0 Å². The fourth-order valence-corrected chi connectivity index (χ4v) is 4.92. The van der Waals surface area contributed by atoms with Crippen LogP contribution in [0.4, 0.5) is 0 Å². The summed E-state index contributed by atoms with van der Waals surface area (Å²) >= 11 is 6.45. The molecule has 31 heavy (non-hydrogen) atoms. The second-order valence-corrected chi connectivity index (χ2v) is 9.81. The molecule has 0 atom stereocenters. The van der Waals surface area contributed by atoms with Gasteiger partial charge in [-0.3, -0.25) is 4.79 Å². The molecule has 2 aromatic carbocycles. The van der Waals surface area contributed by atoms with Gasteiger partial charge in [-0.2, -0.15) is 5.26 Å². The molecule has 1 fully saturated rings. The molecule has 0 bridgehead atoms. The molecule has 6 heteroatoms. The number of halogens is 1. The van der Waals surface area contributed by atoms with Crippen LogP contribution < -0.4 is 10.1 Å². The lowest BCUT2D eigenvalue weighted by molar-refractivity contribution is 0.0463. The van der Waals surface area contributed by atoms with E-state index in [1.54, 1.807) is 42.5 Å². The van der Waals surface area contributed by atoms with E-state index in [9.17, 15) is 10.1 Å². The lowest BCUT2D eigenvalue weighted by Gasteiger charge is -2.49. The number of amides is 1. The van der Waals surface area contributed by atoms with Gasteiger partial charge in [-0.05, 0) is 77.8 Å². The highest BCUT2D eigenvalue weighted by Gasteiger charge is 2.41. The van der Waals surface area contributed by atoms with Gasteiger partial charge in [0.25, 0.3) is 5.91 Å². The Hall–Kier alpha value is -2.55. The van der Waals surface area contributed by atoms with E-state index in [0.29, 0.717) is 34.2 Å². The number of para-hydroxylation sites is 1. The number of carbonyl (C=O) groups is 1. The van der Waals surface area contributed by atoms with Gasteiger partial charge in [0.1, 0.15) is 17.6 Å². The minimum atomic E-state index is -0.0520. The summed E-state index contributed by atoms with van der Waals surface area (Å²) in [6.07, 6.45) is 1.77. The van der Waals surface area contributed by atoms with E-state index >= 15 is 0 Å². The Morgan fingerprint density at radius 3 is 2.39 bits per heavy atom. The summed E-state index contributed by atoms with van der Waals surface area (Å²) in [6.45, 7) is 11.4. The normalized spacial score (nSPS) is 17.6. The molecule has 1 heterocycles. The number of piperidine rings is 1. The van der Waals surface area contributed by atoms with Crippen molar-refractivity contribution >= 4 is 17.5 Å². The second kappa shape index (κ2) is 8.90. The molecule has 1 N–H and O–H groups in total. The summed E-state index contributed by atoms with van der Waals surface area (Å²) in [5, 5.41) is 13.3. The van der Waals surface area contributed by atoms with Crippen LogP contribution in [-0.4, -0.2) is 34.5 Å². The van der Waals surface area contributed by atoms with Crippen molar-refractivity contribution in [1.29, 1.82) is 5.26 Å². The highest BCUT2D eigenvalue weighted by molar-refractivity contribution is 6.32. The number of benzene rings is 2. The van der Waals surface area contributed by atoms with Gasteiger partial charge >= 0.3 is 0 Å². The number of nitrogens with zero attached hydrogens (tertiary/aromatic N) is 2. The summed E-state index contributed by atoms with van der Waals surface area (Å²) in [4.78, 5) is 15.3. The highest BCUT2D eigenvalue weighted by atomic mass is 35.5. The number of ether oxygens (including phenoxy) is 1. The smallest absolute Gasteiger partial charge is 0.254 e. The Labute approximate surface area is 190 Å². The van der Waals surface area contributed by atoms with E-state index < -0.39 is 0 Å². The zero-order valence-corrected chi connectivity index (χ0v) is 19.6. The minimum absolute atomic E-state index is 0.0353. The van der Waals surface area contributed by atoms with Crippen molar-refractivity contribution in [3.63, 3.8) is 0 Å². The molecule has 2 aromatic rings. The maximum Gasteiger partial charge on any atom is 0.254 e. The van der Waals surface area contributed by atoms with Gasteiger partial charge in [-0.15, -0.1) is 0 Å². The summed E-state index contributed by atoms with van der Waals surface area (Å²) in [6, 6.07) is 14.3. The highest BCUT2D eigenvalue weighted by Crippen LogP contribution is 2.34. The van der Waals surface area contributed by atoms with Crippen molar-refractivity contribution in [3.05, 3.63) is 58.6 Å². The predicted molar refractivity (Wildman–Crippen MR) is 124 cm³/mol. The molecule has 1 aliphatic heterocycles. The van der Waals surface area contributed by atoms with Crippen LogP contribution in [0.15, 0.2) is 42.5 Å². The number of carbonyl (C=O) groups excluding carboxylic acids is 1. The Balaban J connectivity index is 1.83. The largest absolute Gasteiger partial charge is 0.454 e. The first-order chi connectivity index (χ1) is 14.5. The molecule has 0 aliphatic carbocycles. The first kappa shape index (κ1) is 23.1.